The van der Waals surface area contributed by atoms with Gasteiger partial charge in [0.2, 0.25) is 0 Å². The Bertz CT molecular complexity index is 658. The van der Waals surface area contributed by atoms with Crippen molar-refractivity contribution in [2.24, 2.45) is 7.05 Å². The third kappa shape index (κ3) is 3.06. The molecule has 0 saturated heterocycles. The van der Waals surface area contributed by atoms with Crippen LogP contribution in [0.1, 0.15) is 56.5 Å². The number of rotatable bonds is 5. The smallest absolute Gasteiger partial charge is 0.267 e. The molecule has 118 valence electrons. The molecule has 0 aliphatic rings. The van der Waals surface area contributed by atoms with Crippen LogP contribution in [-0.4, -0.2) is 10.5 Å². The van der Waals surface area contributed by atoms with Gasteiger partial charge in [-0.1, -0.05) is 45.9 Å². The average Bonchev–Trinajstić information content (AvgIpc) is 2.78. The maximum Gasteiger partial charge on any atom is 0.267 e. The van der Waals surface area contributed by atoms with E-state index in [1.165, 1.54) is 11.1 Å². The number of aryl methyl sites for hydroxylation is 1. The van der Waals surface area contributed by atoms with E-state index in [1.54, 1.807) is 0 Å². The highest BCUT2D eigenvalue weighted by Crippen LogP contribution is 2.31. The molecule has 1 aromatic heterocycles. The number of carboxylic acids is 1. The van der Waals surface area contributed by atoms with Gasteiger partial charge in [0.15, 0.2) is 0 Å². The van der Waals surface area contributed by atoms with Crippen LogP contribution in [0, 0.1) is 0 Å². The van der Waals surface area contributed by atoms with E-state index in [2.05, 4.69) is 45.9 Å². The molecular weight excluding hydrogens is 276 g/mol. The van der Waals surface area contributed by atoms with Crippen molar-refractivity contribution in [2.45, 2.75) is 46.0 Å². The predicted octanol–water partition coefficient (Wildman–Crippen LogP) is 1.84. The van der Waals surface area contributed by atoms with E-state index in [-0.39, 0.29) is 6.42 Å². The Morgan fingerprint density at radius 2 is 1.73 bits per heavy atom. The van der Waals surface area contributed by atoms with E-state index in [4.69, 9.17) is 0 Å². The fourth-order valence-electron chi connectivity index (χ4n) is 2.84. The molecule has 0 spiro atoms. The van der Waals surface area contributed by atoms with Crippen molar-refractivity contribution in [3.63, 3.8) is 0 Å². The van der Waals surface area contributed by atoms with Crippen LogP contribution in [-0.2, 0) is 18.3 Å². The lowest BCUT2D eigenvalue weighted by Gasteiger charge is -2.17. The van der Waals surface area contributed by atoms with Gasteiger partial charge in [-0.05, 0) is 11.8 Å². The summed E-state index contributed by atoms with van der Waals surface area (Å²) in [5.41, 5.74) is 3.55. The summed E-state index contributed by atoms with van der Waals surface area (Å²) >= 11 is 0. The number of carboxylic acid groups (broad SMARTS) is 1. The Morgan fingerprint density at radius 1 is 1.18 bits per heavy atom. The first-order valence-electron chi connectivity index (χ1n) is 7.71. The summed E-state index contributed by atoms with van der Waals surface area (Å²) in [6, 6.07) is 6.32. The summed E-state index contributed by atoms with van der Waals surface area (Å²) < 4.78 is 3.84. The molecule has 0 saturated carbocycles. The highest BCUT2D eigenvalue weighted by atomic mass is 16.4. The summed E-state index contributed by atoms with van der Waals surface area (Å²) in [5.74, 6) is 0.369. The van der Waals surface area contributed by atoms with E-state index in [0.29, 0.717) is 11.8 Å². The second kappa shape index (κ2) is 6.34. The van der Waals surface area contributed by atoms with Crippen LogP contribution in [0.2, 0.25) is 0 Å². The van der Waals surface area contributed by atoms with Crippen molar-refractivity contribution in [3.05, 3.63) is 47.5 Å². The number of aliphatic carboxylic acids is 1. The lowest BCUT2D eigenvalue weighted by Crippen LogP contribution is -2.37. The predicted molar refractivity (Wildman–Crippen MR) is 83.8 cm³/mol. The van der Waals surface area contributed by atoms with E-state index >= 15 is 0 Å². The number of carbonyl (C=O) groups is 1. The first kappa shape index (κ1) is 16.3. The lowest BCUT2D eigenvalue weighted by atomic mass is 9.92. The average molecular weight is 300 g/mol. The van der Waals surface area contributed by atoms with Crippen molar-refractivity contribution in [1.82, 2.24) is 4.57 Å². The Hall–Kier alpha value is -2.10. The lowest BCUT2D eigenvalue weighted by molar-refractivity contribution is -0.678. The maximum absolute atomic E-state index is 11.1. The number of carbonyl (C=O) groups excluding carboxylic acids is 1. The Balaban J connectivity index is 2.73. The van der Waals surface area contributed by atoms with E-state index in [1.807, 2.05) is 28.6 Å². The van der Waals surface area contributed by atoms with Crippen LogP contribution in [0.5, 0.6) is 0 Å². The van der Waals surface area contributed by atoms with Gasteiger partial charge < -0.3 is 9.90 Å². The molecule has 0 radical (unpaired) electrons. The number of aromatic nitrogens is 2. The fraction of sp³-hybridized carbons (Fsp3) is 0.444. The van der Waals surface area contributed by atoms with Crippen molar-refractivity contribution in [2.75, 3.05) is 0 Å². The molecule has 0 N–H and O–H groups in total. The largest absolute Gasteiger partial charge is 0.549 e. The maximum atomic E-state index is 11.1. The topological polar surface area (TPSA) is 48.9 Å². The van der Waals surface area contributed by atoms with E-state index in [0.717, 1.165) is 11.5 Å². The van der Waals surface area contributed by atoms with Crippen molar-refractivity contribution >= 4 is 5.97 Å². The van der Waals surface area contributed by atoms with Crippen LogP contribution in [0.4, 0.5) is 0 Å². The molecule has 0 fully saturated rings. The van der Waals surface area contributed by atoms with Crippen LogP contribution < -0.4 is 9.67 Å². The zero-order valence-electron chi connectivity index (χ0n) is 14.0. The molecule has 0 unspecified atom stereocenters. The zero-order valence-corrected chi connectivity index (χ0v) is 14.0. The highest BCUT2D eigenvalue weighted by molar-refractivity contribution is 5.67. The number of nitrogens with zero attached hydrogens (tertiary/aromatic N) is 2. The second-order valence-electron chi connectivity index (χ2n) is 6.34. The van der Waals surface area contributed by atoms with Gasteiger partial charge in [0.1, 0.15) is 18.1 Å². The molecule has 22 heavy (non-hydrogen) atoms. The standard InChI is InChI=1S/C18H24N2O2/c1-12(2)14-7-6-8-15(13(3)4)18(14)20-10-9-19(5)16(20)11-17(21)22/h6-10,12-13H,11H2,1-5H3. The molecule has 2 aromatic rings. The minimum absolute atomic E-state index is 0.104. The normalized spacial score (nSPS) is 11.4. The number of benzene rings is 1. The first-order valence-corrected chi connectivity index (χ1v) is 7.71. The second-order valence-corrected chi connectivity index (χ2v) is 6.34. The van der Waals surface area contributed by atoms with Gasteiger partial charge in [-0.3, -0.25) is 0 Å². The molecule has 0 bridgehead atoms. The van der Waals surface area contributed by atoms with Gasteiger partial charge in [0.05, 0.1) is 19.4 Å². The number of hydrogen-bond acceptors (Lipinski definition) is 2. The molecule has 2 rings (SSSR count). The number of para-hydroxylation sites is 1. The van der Waals surface area contributed by atoms with E-state index in [9.17, 15) is 9.90 Å². The third-order valence-electron chi connectivity index (χ3n) is 4.01. The molecule has 0 amide bonds. The van der Waals surface area contributed by atoms with Crippen LogP contribution in [0.3, 0.4) is 0 Å². The first-order chi connectivity index (χ1) is 10.3. The minimum Gasteiger partial charge on any atom is -0.549 e. The monoisotopic (exact) mass is 300 g/mol. The van der Waals surface area contributed by atoms with Crippen molar-refractivity contribution in [1.29, 1.82) is 0 Å². The molecule has 0 atom stereocenters. The van der Waals surface area contributed by atoms with Gasteiger partial charge in [0, 0.05) is 11.1 Å². The highest BCUT2D eigenvalue weighted by Gasteiger charge is 2.24. The quantitative estimate of drug-likeness (QED) is 0.791. The third-order valence-corrected chi connectivity index (χ3v) is 4.01. The Kier molecular flexibility index (Phi) is 4.69. The molecule has 0 aliphatic heterocycles. The van der Waals surface area contributed by atoms with Crippen LogP contribution in [0.25, 0.3) is 5.69 Å². The van der Waals surface area contributed by atoms with E-state index < -0.39 is 5.97 Å². The minimum atomic E-state index is -1.07. The van der Waals surface area contributed by atoms with Crippen molar-refractivity contribution < 1.29 is 14.5 Å². The molecule has 1 heterocycles. The van der Waals surface area contributed by atoms with Crippen molar-refractivity contribution in [3.8, 4) is 5.69 Å². The molecule has 1 aromatic carbocycles. The molecule has 0 aliphatic carbocycles. The van der Waals surface area contributed by atoms with Crippen LogP contribution in [0.15, 0.2) is 30.6 Å². The van der Waals surface area contributed by atoms with Gasteiger partial charge >= 0.3 is 0 Å². The Labute approximate surface area is 132 Å². The van der Waals surface area contributed by atoms with Crippen LogP contribution >= 0.6 is 0 Å². The summed E-state index contributed by atoms with van der Waals surface area (Å²) in [5, 5.41) is 11.1. The summed E-state index contributed by atoms with van der Waals surface area (Å²) in [7, 11) is 1.86. The summed E-state index contributed by atoms with van der Waals surface area (Å²) in [6.07, 6.45) is 3.72. The zero-order chi connectivity index (χ0) is 16.4. The summed E-state index contributed by atoms with van der Waals surface area (Å²) in [6.45, 7) is 8.63. The molecular formula is C18H24N2O2. The SMILES string of the molecule is CC(C)c1cccc(C(C)C)c1-n1cc[n+](C)c1CC(=O)[O-]. The molecule has 4 nitrogen and oxygen atoms in total. The number of imidazole rings is 1. The van der Waals surface area contributed by atoms with Gasteiger partial charge in [-0.2, -0.15) is 4.57 Å². The van der Waals surface area contributed by atoms with Gasteiger partial charge in [0.25, 0.3) is 5.82 Å². The summed E-state index contributed by atoms with van der Waals surface area (Å²) in [4.78, 5) is 11.1. The van der Waals surface area contributed by atoms with Gasteiger partial charge in [-0.25, -0.2) is 4.57 Å². The molecule has 4 heteroatoms. The Morgan fingerprint density at radius 3 is 2.18 bits per heavy atom. The number of hydrogen-bond donors (Lipinski definition) is 0. The fourth-order valence-corrected chi connectivity index (χ4v) is 2.84. The van der Waals surface area contributed by atoms with Gasteiger partial charge in [-0.15, -0.1) is 0 Å².